The largest absolute Gasteiger partial charge is 0.481 e. The minimum absolute atomic E-state index is 0.0118. The average Bonchev–Trinajstić information content (AvgIpc) is 2.99. The van der Waals surface area contributed by atoms with E-state index in [-0.39, 0.29) is 55.4 Å². The highest BCUT2D eigenvalue weighted by Gasteiger charge is 2.71. The summed E-state index contributed by atoms with van der Waals surface area (Å²) in [5.74, 6) is -2.92. The molecule has 2 fully saturated rings. The van der Waals surface area contributed by atoms with Gasteiger partial charge in [0.1, 0.15) is 11.6 Å². The standard InChI is InChI=1S/C30H44O8/c1-15(25(36)37)10-16(31)13-29(6,38)20-12-22(35)30(7)24-17(32)11-19-26(2,3)21(34)8-9-27(19,4)23(24)18(33)14-28(20,30)5/h15-17,19-20,31-32,38H,8-14H2,1-7H3,(H,36,37). The molecule has 38 heavy (non-hydrogen) atoms. The van der Waals surface area contributed by atoms with Crippen molar-refractivity contribution in [3.63, 3.8) is 0 Å². The van der Waals surface area contributed by atoms with Crippen LogP contribution in [-0.4, -0.2) is 61.6 Å². The first-order valence-corrected chi connectivity index (χ1v) is 13.9. The van der Waals surface area contributed by atoms with Gasteiger partial charge in [0.25, 0.3) is 0 Å². The molecule has 4 rings (SSSR count). The van der Waals surface area contributed by atoms with Crippen LogP contribution in [-0.2, 0) is 19.2 Å². The monoisotopic (exact) mass is 532 g/mol. The third-order valence-corrected chi connectivity index (χ3v) is 11.5. The van der Waals surface area contributed by atoms with Crippen LogP contribution in [0, 0.1) is 39.4 Å². The second-order valence-electron chi connectivity index (χ2n) is 14.2. The highest BCUT2D eigenvalue weighted by Crippen LogP contribution is 2.70. The molecule has 8 heteroatoms. The van der Waals surface area contributed by atoms with E-state index in [1.807, 2.05) is 27.7 Å². The number of fused-ring (bicyclic) bond motifs is 4. The van der Waals surface area contributed by atoms with Crippen molar-refractivity contribution in [1.82, 2.24) is 0 Å². The molecule has 8 nitrogen and oxygen atoms in total. The zero-order valence-corrected chi connectivity index (χ0v) is 23.8. The third kappa shape index (κ3) is 3.80. The quantitative estimate of drug-likeness (QED) is 0.407. The molecule has 0 aromatic carbocycles. The number of hydrogen-bond acceptors (Lipinski definition) is 7. The van der Waals surface area contributed by atoms with Crippen LogP contribution in [0.15, 0.2) is 11.1 Å². The summed E-state index contributed by atoms with van der Waals surface area (Å²) in [6, 6.07) is 0. The highest BCUT2D eigenvalue weighted by atomic mass is 16.4. The van der Waals surface area contributed by atoms with Crippen LogP contribution in [0.1, 0.15) is 93.4 Å². The predicted octanol–water partition coefficient (Wildman–Crippen LogP) is 3.25. The number of hydrogen-bond donors (Lipinski definition) is 4. The molecule has 9 unspecified atom stereocenters. The van der Waals surface area contributed by atoms with E-state index in [4.69, 9.17) is 0 Å². The number of carboxylic acids is 1. The van der Waals surface area contributed by atoms with E-state index in [0.29, 0.717) is 24.0 Å². The van der Waals surface area contributed by atoms with Crippen molar-refractivity contribution in [2.45, 2.75) is 111 Å². The molecule has 4 aliphatic carbocycles. The van der Waals surface area contributed by atoms with Gasteiger partial charge in [-0.25, -0.2) is 0 Å². The normalized spacial score (nSPS) is 41.6. The average molecular weight is 533 g/mol. The van der Waals surface area contributed by atoms with Gasteiger partial charge in [-0.15, -0.1) is 0 Å². The van der Waals surface area contributed by atoms with Gasteiger partial charge >= 0.3 is 5.97 Å². The number of carbonyl (C=O) groups is 4. The van der Waals surface area contributed by atoms with E-state index >= 15 is 0 Å². The van der Waals surface area contributed by atoms with Crippen molar-refractivity contribution in [2.75, 3.05) is 0 Å². The molecule has 9 atom stereocenters. The van der Waals surface area contributed by atoms with Crippen LogP contribution in [0.3, 0.4) is 0 Å². The number of Topliss-reactive ketones (excluding diaryl/α,β-unsaturated/α-hetero) is 3. The maximum atomic E-state index is 14.1. The van der Waals surface area contributed by atoms with Crippen molar-refractivity contribution in [3.8, 4) is 0 Å². The summed E-state index contributed by atoms with van der Waals surface area (Å²) in [6.07, 6.45) is -1.21. The van der Waals surface area contributed by atoms with Crippen LogP contribution in [0.25, 0.3) is 0 Å². The Morgan fingerprint density at radius 3 is 2.29 bits per heavy atom. The molecule has 0 bridgehead atoms. The van der Waals surface area contributed by atoms with Crippen LogP contribution in [0.5, 0.6) is 0 Å². The molecule has 0 aromatic rings. The lowest BCUT2D eigenvalue weighted by Crippen LogP contribution is -2.60. The Morgan fingerprint density at radius 2 is 1.71 bits per heavy atom. The number of rotatable bonds is 6. The summed E-state index contributed by atoms with van der Waals surface area (Å²) >= 11 is 0. The SMILES string of the molecule is CC(CC(O)CC(C)(O)C1CC(=O)C2(C)C3=C(C(=O)CC12C)C1(C)CCC(=O)C(C)(C)C1CC3O)C(=O)O. The molecule has 212 valence electrons. The van der Waals surface area contributed by atoms with Crippen molar-refractivity contribution >= 4 is 23.3 Å². The van der Waals surface area contributed by atoms with Crippen molar-refractivity contribution < 1.29 is 39.6 Å². The lowest BCUT2D eigenvalue weighted by atomic mass is 9.42. The maximum absolute atomic E-state index is 14.1. The Morgan fingerprint density at radius 1 is 1.11 bits per heavy atom. The van der Waals surface area contributed by atoms with Crippen LogP contribution < -0.4 is 0 Å². The van der Waals surface area contributed by atoms with E-state index in [0.717, 1.165) is 0 Å². The Bertz CT molecular complexity index is 1120. The van der Waals surface area contributed by atoms with Gasteiger partial charge in [-0.3, -0.25) is 19.2 Å². The van der Waals surface area contributed by atoms with E-state index in [2.05, 4.69) is 0 Å². The summed E-state index contributed by atoms with van der Waals surface area (Å²) in [7, 11) is 0. The maximum Gasteiger partial charge on any atom is 0.306 e. The van der Waals surface area contributed by atoms with Crippen molar-refractivity contribution in [2.24, 2.45) is 39.4 Å². The smallest absolute Gasteiger partial charge is 0.306 e. The van der Waals surface area contributed by atoms with Crippen LogP contribution in [0.2, 0.25) is 0 Å². The minimum atomic E-state index is -1.55. The Kier molecular flexibility index (Phi) is 6.74. The number of aliphatic hydroxyl groups is 3. The van der Waals surface area contributed by atoms with Gasteiger partial charge in [-0.1, -0.05) is 34.6 Å². The van der Waals surface area contributed by atoms with E-state index in [9.17, 15) is 39.6 Å². The molecule has 0 aromatic heterocycles. The number of allylic oxidation sites excluding steroid dienone is 1. The van der Waals surface area contributed by atoms with Gasteiger partial charge in [-0.2, -0.15) is 0 Å². The van der Waals surface area contributed by atoms with E-state index in [1.165, 1.54) is 6.92 Å². The molecule has 0 amide bonds. The van der Waals surface area contributed by atoms with Gasteiger partial charge in [0, 0.05) is 48.0 Å². The summed E-state index contributed by atoms with van der Waals surface area (Å²) in [5, 5.41) is 43.1. The van der Waals surface area contributed by atoms with Crippen molar-refractivity contribution in [1.29, 1.82) is 0 Å². The van der Waals surface area contributed by atoms with E-state index < -0.39 is 57.3 Å². The molecular formula is C30H44O8. The lowest BCUT2D eigenvalue weighted by Gasteiger charge is -2.60. The molecule has 2 saturated carbocycles. The highest BCUT2D eigenvalue weighted by molar-refractivity contribution is 6.05. The van der Waals surface area contributed by atoms with Crippen molar-refractivity contribution in [3.05, 3.63) is 11.1 Å². The van der Waals surface area contributed by atoms with Gasteiger partial charge in [0.05, 0.1) is 29.1 Å². The van der Waals surface area contributed by atoms with Crippen LogP contribution in [0.4, 0.5) is 0 Å². The minimum Gasteiger partial charge on any atom is -0.481 e. The second kappa shape index (κ2) is 8.80. The molecule has 0 heterocycles. The zero-order chi connectivity index (χ0) is 28.8. The second-order valence-corrected chi connectivity index (χ2v) is 14.2. The predicted molar refractivity (Wildman–Crippen MR) is 139 cm³/mol. The summed E-state index contributed by atoms with van der Waals surface area (Å²) < 4.78 is 0. The van der Waals surface area contributed by atoms with Gasteiger partial charge in [-0.05, 0) is 50.0 Å². The Labute approximate surface area is 224 Å². The van der Waals surface area contributed by atoms with Gasteiger partial charge in [0.15, 0.2) is 5.78 Å². The number of carbonyl (C=O) groups excluding carboxylic acids is 3. The Balaban J connectivity index is 1.78. The number of carboxylic acid groups (broad SMARTS) is 1. The first kappa shape index (κ1) is 29.1. The fourth-order valence-electron chi connectivity index (χ4n) is 9.16. The number of aliphatic carboxylic acids is 1. The summed E-state index contributed by atoms with van der Waals surface area (Å²) in [6.45, 7) is 12.4. The number of aliphatic hydroxyl groups excluding tert-OH is 2. The summed E-state index contributed by atoms with van der Waals surface area (Å²) in [5.41, 5.74) is -4.13. The zero-order valence-electron chi connectivity index (χ0n) is 23.8. The Hall–Kier alpha value is -1.90. The molecule has 4 aliphatic rings. The molecule has 0 spiro atoms. The van der Waals surface area contributed by atoms with Gasteiger partial charge in [0.2, 0.25) is 0 Å². The number of ketones is 3. The molecule has 0 radical (unpaired) electrons. The first-order valence-electron chi connectivity index (χ1n) is 13.9. The van der Waals surface area contributed by atoms with Crippen LogP contribution >= 0.6 is 0 Å². The molecule has 0 saturated heterocycles. The van der Waals surface area contributed by atoms with E-state index in [1.54, 1.807) is 13.8 Å². The first-order chi connectivity index (χ1) is 17.2. The molecule has 4 N–H and O–H groups in total. The third-order valence-electron chi connectivity index (χ3n) is 11.5. The fraction of sp³-hybridized carbons (Fsp3) is 0.800. The molecule has 0 aliphatic heterocycles. The van der Waals surface area contributed by atoms with Gasteiger partial charge < -0.3 is 20.4 Å². The molecular weight excluding hydrogens is 488 g/mol. The lowest BCUT2D eigenvalue weighted by molar-refractivity contribution is -0.149. The summed E-state index contributed by atoms with van der Waals surface area (Å²) in [4.78, 5) is 52.1. The topological polar surface area (TPSA) is 149 Å². The fourth-order valence-corrected chi connectivity index (χ4v) is 9.16.